The summed E-state index contributed by atoms with van der Waals surface area (Å²) in [5, 5.41) is 20.6. The van der Waals surface area contributed by atoms with Gasteiger partial charge in [0.2, 0.25) is 5.95 Å². The first kappa shape index (κ1) is 18.7. The third-order valence-electron chi connectivity index (χ3n) is 6.36. The van der Waals surface area contributed by atoms with E-state index >= 15 is 0 Å². The Bertz CT molecular complexity index is 1270. The topological polar surface area (TPSA) is 83.2 Å². The molecule has 31 heavy (non-hydrogen) atoms. The summed E-state index contributed by atoms with van der Waals surface area (Å²) in [6, 6.07) is 10.5. The summed E-state index contributed by atoms with van der Waals surface area (Å²) in [7, 11) is 1.94. The second kappa shape index (κ2) is 7.28. The Hall–Kier alpha value is -3.04. The van der Waals surface area contributed by atoms with Gasteiger partial charge in [-0.05, 0) is 22.6 Å². The van der Waals surface area contributed by atoms with Crippen molar-refractivity contribution < 1.29 is 5.11 Å². The molecule has 0 radical (unpaired) electrons. The highest BCUT2D eigenvalue weighted by molar-refractivity contribution is 7.17. The maximum atomic E-state index is 10.0. The lowest BCUT2D eigenvalue weighted by Crippen LogP contribution is -2.36. The number of aromatic nitrogens is 5. The van der Waals surface area contributed by atoms with E-state index in [2.05, 4.69) is 55.8 Å². The van der Waals surface area contributed by atoms with Gasteiger partial charge in [-0.2, -0.15) is 4.98 Å². The van der Waals surface area contributed by atoms with Crippen molar-refractivity contribution in [2.75, 3.05) is 29.5 Å². The molecule has 1 N–H and O–H groups in total. The molecule has 158 valence electrons. The number of aliphatic hydroxyl groups excluding tert-OH is 1. The zero-order valence-corrected chi connectivity index (χ0v) is 18.1. The number of nitrogens with zero attached hydrogens (tertiary/aromatic N) is 7. The van der Waals surface area contributed by atoms with Gasteiger partial charge >= 0.3 is 0 Å². The summed E-state index contributed by atoms with van der Waals surface area (Å²) in [6.45, 7) is 3.15. The van der Waals surface area contributed by atoms with Gasteiger partial charge in [0.05, 0.1) is 29.1 Å². The molecule has 0 saturated carbocycles. The maximum Gasteiger partial charge on any atom is 0.228 e. The van der Waals surface area contributed by atoms with Crippen molar-refractivity contribution in [1.29, 1.82) is 0 Å². The fraction of sp³-hybridized carbons (Fsp3) is 0.364. The van der Waals surface area contributed by atoms with Crippen molar-refractivity contribution >= 4 is 33.3 Å². The summed E-state index contributed by atoms with van der Waals surface area (Å²) >= 11 is 1.67. The third-order valence-corrected chi connectivity index (χ3v) is 7.26. The normalized spacial score (nSPS) is 18.3. The highest BCUT2D eigenvalue weighted by Crippen LogP contribution is 2.37. The lowest BCUT2D eigenvalue weighted by atomic mass is 9.90. The average Bonchev–Trinajstić information content (AvgIpc) is 3.44. The fourth-order valence-electron chi connectivity index (χ4n) is 4.74. The van der Waals surface area contributed by atoms with Gasteiger partial charge in [0, 0.05) is 39.0 Å². The van der Waals surface area contributed by atoms with Crippen LogP contribution in [0.15, 0.2) is 35.7 Å². The predicted octanol–water partition coefficient (Wildman–Crippen LogP) is 2.48. The van der Waals surface area contributed by atoms with Crippen LogP contribution >= 0.6 is 11.3 Å². The van der Waals surface area contributed by atoms with E-state index in [9.17, 15) is 5.11 Å². The first-order chi connectivity index (χ1) is 15.2. The number of hydrogen-bond donors (Lipinski definition) is 1. The van der Waals surface area contributed by atoms with Crippen molar-refractivity contribution in [2.45, 2.75) is 25.4 Å². The van der Waals surface area contributed by atoms with Crippen LogP contribution in [0.4, 0.5) is 11.8 Å². The summed E-state index contributed by atoms with van der Waals surface area (Å²) in [5.41, 5.74) is 5.64. The lowest BCUT2D eigenvalue weighted by molar-refractivity contribution is 0.262. The van der Waals surface area contributed by atoms with Crippen LogP contribution in [0.1, 0.15) is 28.4 Å². The number of benzene rings is 1. The Morgan fingerprint density at radius 2 is 2.03 bits per heavy atom. The Morgan fingerprint density at radius 1 is 1.13 bits per heavy atom. The van der Waals surface area contributed by atoms with Gasteiger partial charge in [0.1, 0.15) is 5.69 Å². The largest absolute Gasteiger partial charge is 0.396 e. The molecule has 1 aromatic carbocycles. The quantitative estimate of drug-likeness (QED) is 0.531. The van der Waals surface area contributed by atoms with Gasteiger partial charge in [-0.15, -0.1) is 16.4 Å². The van der Waals surface area contributed by atoms with E-state index < -0.39 is 0 Å². The van der Waals surface area contributed by atoms with E-state index in [4.69, 9.17) is 9.97 Å². The minimum Gasteiger partial charge on any atom is -0.396 e. The van der Waals surface area contributed by atoms with Gasteiger partial charge < -0.3 is 14.9 Å². The van der Waals surface area contributed by atoms with Gasteiger partial charge in [-0.25, -0.2) is 4.98 Å². The van der Waals surface area contributed by atoms with Crippen molar-refractivity contribution in [3.05, 3.63) is 58.2 Å². The van der Waals surface area contributed by atoms with E-state index in [1.807, 2.05) is 11.7 Å². The van der Waals surface area contributed by atoms with E-state index in [0.29, 0.717) is 6.54 Å². The molecule has 1 unspecified atom stereocenters. The first-order valence-electron chi connectivity index (χ1n) is 10.5. The molecule has 0 fully saturated rings. The molecule has 8 nitrogen and oxygen atoms in total. The van der Waals surface area contributed by atoms with E-state index in [-0.39, 0.29) is 12.5 Å². The number of hydrogen-bond acceptors (Lipinski definition) is 8. The number of anilines is 2. The molecule has 1 atom stereocenters. The Labute approximate surface area is 183 Å². The lowest BCUT2D eigenvalue weighted by Gasteiger charge is -2.35. The van der Waals surface area contributed by atoms with Crippen LogP contribution in [-0.4, -0.2) is 49.8 Å². The molecule has 0 amide bonds. The summed E-state index contributed by atoms with van der Waals surface area (Å²) in [4.78, 5) is 14.4. The van der Waals surface area contributed by atoms with E-state index in [1.54, 1.807) is 11.3 Å². The minimum atomic E-state index is 0.0792. The highest BCUT2D eigenvalue weighted by atomic mass is 32.1. The van der Waals surface area contributed by atoms with Crippen LogP contribution < -0.4 is 9.80 Å². The number of fused-ring (bicyclic) bond motifs is 3. The first-order valence-corrected chi connectivity index (χ1v) is 11.4. The number of thiophene rings is 1. The molecule has 3 aromatic heterocycles. The second-order valence-corrected chi connectivity index (χ2v) is 9.14. The zero-order chi connectivity index (χ0) is 20.9. The fourth-order valence-corrected chi connectivity index (χ4v) is 5.59. The number of aryl methyl sites for hydroxylation is 1. The maximum absolute atomic E-state index is 10.0. The standard InChI is InChI=1S/C22H23N7OS/c1-27-19-6-8-28(12-18(19)25-26-27)22-23-17-7-9-31-20(17)21(24-22)29-10-14-4-2-3-5-16(14)15(11-29)13-30/h2-5,7,9,15,30H,6,8,10-13H2,1H3. The van der Waals surface area contributed by atoms with Crippen LogP contribution in [0.25, 0.3) is 10.2 Å². The minimum absolute atomic E-state index is 0.0792. The molecule has 0 aliphatic carbocycles. The Kier molecular flexibility index (Phi) is 4.39. The molecule has 6 rings (SSSR count). The number of rotatable bonds is 3. The van der Waals surface area contributed by atoms with E-state index in [0.717, 1.165) is 53.7 Å². The number of aliphatic hydroxyl groups is 1. The van der Waals surface area contributed by atoms with E-state index in [1.165, 1.54) is 16.8 Å². The Morgan fingerprint density at radius 3 is 2.94 bits per heavy atom. The van der Waals surface area contributed by atoms with Crippen LogP contribution in [-0.2, 0) is 26.6 Å². The second-order valence-electron chi connectivity index (χ2n) is 8.22. The summed E-state index contributed by atoms with van der Waals surface area (Å²) in [5.74, 6) is 1.76. The molecular formula is C22H23N7OS. The van der Waals surface area contributed by atoms with Crippen molar-refractivity contribution in [1.82, 2.24) is 25.0 Å². The average molecular weight is 434 g/mol. The molecule has 5 heterocycles. The monoisotopic (exact) mass is 433 g/mol. The van der Waals surface area contributed by atoms with Crippen LogP contribution in [0.2, 0.25) is 0 Å². The molecule has 0 spiro atoms. The molecule has 0 saturated heterocycles. The third kappa shape index (κ3) is 3.07. The molecule has 0 bridgehead atoms. The van der Waals surface area contributed by atoms with Crippen LogP contribution in [0, 0.1) is 0 Å². The van der Waals surface area contributed by atoms with Crippen molar-refractivity contribution in [3.8, 4) is 0 Å². The van der Waals surface area contributed by atoms with Crippen LogP contribution in [0.5, 0.6) is 0 Å². The summed E-state index contributed by atoms with van der Waals surface area (Å²) < 4.78 is 2.96. The molecule has 2 aliphatic heterocycles. The smallest absolute Gasteiger partial charge is 0.228 e. The molecule has 9 heteroatoms. The predicted molar refractivity (Wildman–Crippen MR) is 120 cm³/mol. The van der Waals surface area contributed by atoms with Gasteiger partial charge in [0.25, 0.3) is 0 Å². The summed E-state index contributed by atoms with van der Waals surface area (Å²) in [6.07, 6.45) is 0.878. The van der Waals surface area contributed by atoms with Crippen LogP contribution in [0.3, 0.4) is 0 Å². The molecular weight excluding hydrogens is 410 g/mol. The highest BCUT2D eigenvalue weighted by Gasteiger charge is 2.29. The van der Waals surface area contributed by atoms with Gasteiger partial charge in [-0.3, -0.25) is 4.68 Å². The van der Waals surface area contributed by atoms with Gasteiger partial charge in [0.15, 0.2) is 5.82 Å². The van der Waals surface area contributed by atoms with Crippen molar-refractivity contribution in [3.63, 3.8) is 0 Å². The molecule has 2 aliphatic rings. The molecule has 4 aromatic rings. The van der Waals surface area contributed by atoms with Gasteiger partial charge in [-0.1, -0.05) is 29.5 Å². The van der Waals surface area contributed by atoms with Crippen molar-refractivity contribution in [2.24, 2.45) is 7.05 Å². The SMILES string of the molecule is Cn1nnc2c1CCN(c1nc(N3Cc4ccccc4C(CO)C3)c3sccc3n1)C2. The Balaban J connectivity index is 1.40. The zero-order valence-electron chi connectivity index (χ0n) is 17.3.